The lowest BCUT2D eigenvalue weighted by Gasteiger charge is -2.28. The first kappa shape index (κ1) is 36.8. The van der Waals surface area contributed by atoms with E-state index in [1.54, 1.807) is 0 Å². The number of anilines is 3. The quantitative estimate of drug-likeness (QED) is 0.156. The van der Waals surface area contributed by atoms with Gasteiger partial charge in [-0.2, -0.15) is 0 Å². The molecule has 61 heavy (non-hydrogen) atoms. The maximum atomic E-state index is 2.45. The van der Waals surface area contributed by atoms with Crippen molar-refractivity contribution in [2.24, 2.45) is 0 Å². The molecule has 0 bridgehead atoms. The number of hydrogen-bond donors (Lipinski definition) is 0. The second-order valence-electron chi connectivity index (χ2n) is 17.8. The second kappa shape index (κ2) is 14.2. The van der Waals surface area contributed by atoms with Crippen molar-refractivity contribution in [1.82, 2.24) is 0 Å². The third-order valence-electron chi connectivity index (χ3n) is 13.5. The molecule has 0 saturated heterocycles. The largest absolute Gasteiger partial charge is 0.310 e. The lowest BCUT2D eigenvalue weighted by atomic mass is 9.81. The van der Waals surface area contributed by atoms with E-state index < -0.39 is 0 Å². The second-order valence-corrected chi connectivity index (χ2v) is 17.8. The van der Waals surface area contributed by atoms with Crippen molar-refractivity contribution in [3.63, 3.8) is 0 Å². The van der Waals surface area contributed by atoms with Crippen LogP contribution in [0.5, 0.6) is 0 Å². The Hall–Kier alpha value is -7.22. The Morgan fingerprint density at radius 1 is 0.246 bits per heavy atom. The van der Waals surface area contributed by atoms with Crippen LogP contribution in [0.25, 0.3) is 66.8 Å². The standard InChI is InChI=1S/C60H47N/c1-59(2)55-21-13-11-19-51(55)53-33-27-44(38-57(53)59)46-35-47(45-28-34-54-52-20-12-14-22-56(52)60(3,4)58(54)39-45)37-50(36-46)61(48-29-23-42(24-30-48)40-15-7-5-8-16-40)49-31-25-43(26-32-49)41-17-9-6-10-18-41/h5-39H,1-4H3. The van der Waals surface area contributed by atoms with Crippen molar-refractivity contribution in [2.45, 2.75) is 38.5 Å². The van der Waals surface area contributed by atoms with Crippen molar-refractivity contribution < 1.29 is 0 Å². The van der Waals surface area contributed by atoms with Gasteiger partial charge >= 0.3 is 0 Å². The predicted octanol–water partition coefficient (Wildman–Crippen LogP) is 16.4. The van der Waals surface area contributed by atoms with E-state index in [9.17, 15) is 0 Å². The molecule has 0 heterocycles. The molecule has 1 heteroatoms. The highest BCUT2D eigenvalue weighted by Crippen LogP contribution is 2.52. The van der Waals surface area contributed by atoms with Gasteiger partial charge in [-0.25, -0.2) is 0 Å². The molecule has 9 aromatic rings. The van der Waals surface area contributed by atoms with E-state index in [-0.39, 0.29) is 10.8 Å². The van der Waals surface area contributed by atoms with Gasteiger partial charge in [0.15, 0.2) is 0 Å². The van der Waals surface area contributed by atoms with Crippen molar-refractivity contribution >= 4 is 17.1 Å². The predicted molar refractivity (Wildman–Crippen MR) is 258 cm³/mol. The molecular formula is C60H47N. The van der Waals surface area contributed by atoms with Crippen LogP contribution in [0.1, 0.15) is 49.9 Å². The number of fused-ring (bicyclic) bond motifs is 6. The smallest absolute Gasteiger partial charge is 0.0473 e. The van der Waals surface area contributed by atoms with Crippen molar-refractivity contribution in [1.29, 1.82) is 0 Å². The Bertz CT molecular complexity index is 2890. The normalized spacial score (nSPS) is 13.8. The minimum absolute atomic E-state index is 0.101. The molecule has 0 aromatic heterocycles. The molecule has 0 saturated carbocycles. The van der Waals surface area contributed by atoms with Gasteiger partial charge in [0, 0.05) is 27.9 Å². The summed E-state index contributed by atoms with van der Waals surface area (Å²) < 4.78 is 0. The highest BCUT2D eigenvalue weighted by Gasteiger charge is 2.36. The summed E-state index contributed by atoms with van der Waals surface area (Å²) in [5, 5.41) is 0. The van der Waals surface area contributed by atoms with Gasteiger partial charge in [0.2, 0.25) is 0 Å². The fourth-order valence-corrected chi connectivity index (χ4v) is 10.2. The molecule has 0 atom stereocenters. The minimum atomic E-state index is -0.101. The van der Waals surface area contributed by atoms with Gasteiger partial charge in [0.1, 0.15) is 0 Å². The molecule has 1 nitrogen and oxygen atoms in total. The summed E-state index contributed by atoms with van der Waals surface area (Å²) in [7, 11) is 0. The van der Waals surface area contributed by atoms with E-state index in [1.807, 2.05) is 0 Å². The van der Waals surface area contributed by atoms with Crippen LogP contribution in [0.2, 0.25) is 0 Å². The van der Waals surface area contributed by atoms with Gasteiger partial charge in [0.05, 0.1) is 0 Å². The Morgan fingerprint density at radius 2 is 0.590 bits per heavy atom. The minimum Gasteiger partial charge on any atom is -0.310 e. The Kier molecular flexibility index (Phi) is 8.58. The molecule has 9 aromatic carbocycles. The first-order valence-electron chi connectivity index (χ1n) is 21.5. The van der Waals surface area contributed by atoms with Crippen LogP contribution in [-0.4, -0.2) is 0 Å². The maximum absolute atomic E-state index is 2.45. The van der Waals surface area contributed by atoms with Gasteiger partial charge in [-0.3, -0.25) is 0 Å². The fraction of sp³-hybridized carbons (Fsp3) is 0.100. The molecule has 0 unspecified atom stereocenters. The molecule has 0 aliphatic heterocycles. The zero-order chi connectivity index (χ0) is 41.3. The lowest BCUT2D eigenvalue weighted by molar-refractivity contribution is 0.660. The topological polar surface area (TPSA) is 3.24 Å². The Balaban J connectivity index is 1.11. The molecule has 0 radical (unpaired) electrons. The lowest BCUT2D eigenvalue weighted by Crippen LogP contribution is -2.15. The molecule has 292 valence electrons. The SMILES string of the molecule is CC1(C)c2ccccc2-c2ccc(-c3cc(-c4ccc5c(c4)C(C)(C)c4ccccc4-5)cc(N(c4ccc(-c5ccccc5)cc4)c4ccc(-c5ccccc5)cc4)c3)cc21. The van der Waals surface area contributed by atoms with E-state index in [0.717, 1.165) is 17.1 Å². The highest BCUT2D eigenvalue weighted by molar-refractivity contribution is 5.90. The molecule has 0 fully saturated rings. The van der Waals surface area contributed by atoms with Gasteiger partial charge in [-0.15, -0.1) is 0 Å². The number of benzene rings is 9. The zero-order valence-corrected chi connectivity index (χ0v) is 35.2. The van der Waals surface area contributed by atoms with Crippen LogP contribution in [0.3, 0.4) is 0 Å². The maximum Gasteiger partial charge on any atom is 0.0473 e. The number of nitrogens with zero attached hydrogens (tertiary/aromatic N) is 1. The van der Waals surface area contributed by atoms with Crippen LogP contribution in [0.15, 0.2) is 212 Å². The average molecular weight is 782 g/mol. The summed E-state index contributed by atoms with van der Waals surface area (Å²) in [6.45, 7) is 9.47. The van der Waals surface area contributed by atoms with E-state index >= 15 is 0 Å². The summed E-state index contributed by atoms with van der Waals surface area (Å²) >= 11 is 0. The molecule has 2 aliphatic carbocycles. The first-order chi connectivity index (χ1) is 29.7. The summed E-state index contributed by atoms with van der Waals surface area (Å²) in [4.78, 5) is 2.43. The molecular weight excluding hydrogens is 735 g/mol. The van der Waals surface area contributed by atoms with Gasteiger partial charge in [-0.05, 0) is 144 Å². The summed E-state index contributed by atoms with van der Waals surface area (Å²) in [5.74, 6) is 0. The molecule has 0 N–H and O–H groups in total. The molecule has 0 spiro atoms. The van der Waals surface area contributed by atoms with Crippen molar-refractivity contribution in [3.05, 3.63) is 235 Å². The number of rotatable bonds is 7. The van der Waals surface area contributed by atoms with Crippen LogP contribution in [-0.2, 0) is 10.8 Å². The van der Waals surface area contributed by atoms with E-state index in [1.165, 1.54) is 89.0 Å². The molecule has 2 aliphatic rings. The number of hydrogen-bond acceptors (Lipinski definition) is 1. The van der Waals surface area contributed by atoms with Gasteiger partial charge < -0.3 is 4.90 Å². The van der Waals surface area contributed by atoms with E-state index in [2.05, 4.69) is 245 Å². The van der Waals surface area contributed by atoms with Crippen molar-refractivity contribution in [3.8, 4) is 66.8 Å². The summed E-state index contributed by atoms with van der Waals surface area (Å²) in [6, 6.07) is 78.6. The van der Waals surface area contributed by atoms with Gasteiger partial charge in [-0.1, -0.05) is 185 Å². The fourth-order valence-electron chi connectivity index (χ4n) is 10.2. The molecule has 11 rings (SSSR count). The monoisotopic (exact) mass is 781 g/mol. The summed E-state index contributed by atoms with van der Waals surface area (Å²) in [5.41, 5.74) is 23.6. The van der Waals surface area contributed by atoms with Crippen molar-refractivity contribution in [2.75, 3.05) is 4.90 Å². The summed E-state index contributed by atoms with van der Waals surface area (Å²) in [6.07, 6.45) is 0. The van der Waals surface area contributed by atoms with Crippen LogP contribution in [0, 0.1) is 0 Å². The van der Waals surface area contributed by atoms with Gasteiger partial charge in [0.25, 0.3) is 0 Å². The Labute approximate surface area is 360 Å². The zero-order valence-electron chi connectivity index (χ0n) is 35.2. The van der Waals surface area contributed by atoms with E-state index in [4.69, 9.17) is 0 Å². The highest BCUT2D eigenvalue weighted by atomic mass is 15.1. The van der Waals surface area contributed by atoms with E-state index in [0.29, 0.717) is 0 Å². The third-order valence-corrected chi connectivity index (χ3v) is 13.5. The third kappa shape index (κ3) is 6.15. The molecule has 0 amide bonds. The first-order valence-corrected chi connectivity index (χ1v) is 21.5. The van der Waals surface area contributed by atoms with Crippen LogP contribution < -0.4 is 4.90 Å². The average Bonchev–Trinajstić information content (AvgIpc) is 3.69. The van der Waals surface area contributed by atoms with Crippen LogP contribution >= 0.6 is 0 Å². The Morgan fingerprint density at radius 3 is 1.02 bits per heavy atom. The van der Waals surface area contributed by atoms with Crippen LogP contribution in [0.4, 0.5) is 17.1 Å².